The van der Waals surface area contributed by atoms with Gasteiger partial charge in [-0.15, -0.1) is 0 Å². The summed E-state index contributed by atoms with van der Waals surface area (Å²) in [6.45, 7) is 1.51. The van der Waals surface area contributed by atoms with Crippen LogP contribution in [0.2, 0.25) is 0 Å². The van der Waals surface area contributed by atoms with Crippen LogP contribution in [0.4, 0.5) is 8.78 Å². The van der Waals surface area contributed by atoms with Crippen molar-refractivity contribution in [3.63, 3.8) is 0 Å². The summed E-state index contributed by atoms with van der Waals surface area (Å²) in [6, 6.07) is 4.57. The van der Waals surface area contributed by atoms with E-state index in [0.717, 1.165) is 0 Å². The van der Waals surface area contributed by atoms with Crippen molar-refractivity contribution in [2.45, 2.75) is 6.92 Å². The van der Waals surface area contributed by atoms with Crippen molar-refractivity contribution in [1.29, 1.82) is 0 Å². The molecular formula is C11H8F2N2S. The number of hydrogen-bond donors (Lipinski definition) is 1. The highest BCUT2D eigenvalue weighted by molar-refractivity contribution is 7.71. The molecule has 82 valence electrons. The van der Waals surface area contributed by atoms with E-state index in [1.807, 2.05) is 0 Å². The topological polar surface area (TPSA) is 28.7 Å². The maximum absolute atomic E-state index is 13.6. The van der Waals surface area contributed by atoms with Crippen molar-refractivity contribution in [2.24, 2.45) is 0 Å². The number of hydrogen-bond acceptors (Lipinski definition) is 2. The first kappa shape index (κ1) is 10.9. The Morgan fingerprint density at radius 3 is 2.69 bits per heavy atom. The molecular weight excluding hydrogens is 230 g/mol. The van der Waals surface area contributed by atoms with Crippen molar-refractivity contribution >= 4 is 12.2 Å². The molecule has 0 fully saturated rings. The molecule has 0 saturated heterocycles. The van der Waals surface area contributed by atoms with E-state index in [-0.39, 0.29) is 11.1 Å². The summed E-state index contributed by atoms with van der Waals surface area (Å²) in [5, 5.41) is 6.27. The lowest BCUT2D eigenvalue weighted by molar-refractivity contribution is 0.505. The standard InChI is InChI=1S/C11H8F2N2S/c1-6-2-3-8(11(13)10(6)12)7-4-9(16)15-14-5-7/h2-5H,1H3,(H,15,16). The fourth-order valence-corrected chi connectivity index (χ4v) is 1.57. The number of aromatic amines is 1. The van der Waals surface area contributed by atoms with Gasteiger partial charge < -0.3 is 0 Å². The SMILES string of the molecule is Cc1ccc(-c2cn[nH]c(=S)c2)c(F)c1F. The van der Waals surface area contributed by atoms with Crippen molar-refractivity contribution in [1.82, 2.24) is 10.2 Å². The molecule has 1 heterocycles. The minimum atomic E-state index is -0.873. The van der Waals surface area contributed by atoms with Gasteiger partial charge in [-0.05, 0) is 18.6 Å². The van der Waals surface area contributed by atoms with Crippen molar-refractivity contribution in [2.75, 3.05) is 0 Å². The second kappa shape index (κ2) is 4.09. The Morgan fingerprint density at radius 2 is 2.00 bits per heavy atom. The van der Waals surface area contributed by atoms with Gasteiger partial charge in [0.15, 0.2) is 11.6 Å². The van der Waals surface area contributed by atoms with Gasteiger partial charge in [-0.1, -0.05) is 24.4 Å². The molecule has 1 aromatic heterocycles. The smallest absolute Gasteiger partial charge is 0.166 e. The molecule has 0 unspecified atom stereocenters. The molecule has 0 aliphatic rings. The van der Waals surface area contributed by atoms with Crippen LogP contribution < -0.4 is 0 Å². The lowest BCUT2D eigenvalue weighted by Crippen LogP contribution is -1.94. The van der Waals surface area contributed by atoms with E-state index < -0.39 is 11.6 Å². The van der Waals surface area contributed by atoms with Crippen molar-refractivity contribution < 1.29 is 8.78 Å². The molecule has 2 aromatic rings. The van der Waals surface area contributed by atoms with Gasteiger partial charge in [0.25, 0.3) is 0 Å². The van der Waals surface area contributed by atoms with Gasteiger partial charge in [-0.2, -0.15) is 5.10 Å². The molecule has 0 atom stereocenters. The summed E-state index contributed by atoms with van der Waals surface area (Å²) >= 11 is 4.87. The maximum Gasteiger partial charge on any atom is 0.166 e. The third kappa shape index (κ3) is 1.86. The average molecular weight is 238 g/mol. The van der Waals surface area contributed by atoms with E-state index in [2.05, 4.69) is 10.2 Å². The van der Waals surface area contributed by atoms with E-state index >= 15 is 0 Å². The predicted molar refractivity (Wildman–Crippen MR) is 59.5 cm³/mol. The molecule has 0 saturated carbocycles. The van der Waals surface area contributed by atoms with Crippen LogP contribution in [0.1, 0.15) is 5.56 Å². The molecule has 0 aliphatic heterocycles. The lowest BCUT2D eigenvalue weighted by atomic mass is 10.1. The third-order valence-corrected chi connectivity index (χ3v) is 2.46. The Labute approximate surface area is 96.0 Å². The second-order valence-electron chi connectivity index (χ2n) is 3.39. The molecule has 0 amide bonds. The van der Waals surface area contributed by atoms with Crippen LogP contribution in [0.25, 0.3) is 11.1 Å². The minimum Gasteiger partial charge on any atom is -0.268 e. The van der Waals surface area contributed by atoms with Gasteiger partial charge in [0, 0.05) is 11.1 Å². The average Bonchev–Trinajstić information content (AvgIpc) is 2.26. The zero-order valence-electron chi connectivity index (χ0n) is 8.42. The summed E-state index contributed by atoms with van der Waals surface area (Å²) in [4.78, 5) is 0. The molecule has 1 N–H and O–H groups in total. The number of nitrogens with one attached hydrogen (secondary N) is 1. The number of rotatable bonds is 1. The Bertz CT molecular complexity index is 593. The number of nitrogens with zero attached hydrogens (tertiary/aromatic N) is 1. The zero-order chi connectivity index (χ0) is 11.7. The number of aryl methyl sites for hydroxylation is 1. The second-order valence-corrected chi connectivity index (χ2v) is 3.83. The quantitative estimate of drug-likeness (QED) is 0.771. The molecule has 0 spiro atoms. The first-order valence-electron chi connectivity index (χ1n) is 4.59. The summed E-state index contributed by atoms with van der Waals surface area (Å²) in [6.07, 6.45) is 1.41. The molecule has 5 heteroatoms. The highest BCUT2D eigenvalue weighted by Crippen LogP contribution is 2.25. The predicted octanol–water partition coefficient (Wildman–Crippen LogP) is 3.39. The number of aromatic nitrogens is 2. The van der Waals surface area contributed by atoms with Crippen LogP contribution in [0.15, 0.2) is 24.4 Å². The molecule has 1 aromatic carbocycles. The van der Waals surface area contributed by atoms with Gasteiger partial charge in [-0.25, -0.2) is 8.78 Å². The van der Waals surface area contributed by atoms with Gasteiger partial charge in [-0.3, -0.25) is 5.10 Å². The van der Waals surface area contributed by atoms with E-state index in [1.165, 1.54) is 31.3 Å². The molecule has 16 heavy (non-hydrogen) atoms. The van der Waals surface area contributed by atoms with E-state index in [1.54, 1.807) is 0 Å². The molecule has 0 radical (unpaired) electrons. The number of benzene rings is 1. The fourth-order valence-electron chi connectivity index (χ4n) is 1.39. The molecule has 2 nitrogen and oxygen atoms in total. The van der Waals surface area contributed by atoms with E-state index in [9.17, 15) is 8.78 Å². The summed E-state index contributed by atoms with van der Waals surface area (Å²) in [5.41, 5.74) is 0.895. The highest BCUT2D eigenvalue weighted by Gasteiger charge is 2.12. The Kier molecular flexibility index (Phi) is 2.78. The minimum absolute atomic E-state index is 0.163. The first-order chi connectivity index (χ1) is 7.59. The van der Waals surface area contributed by atoms with Crippen LogP contribution in [0.3, 0.4) is 0 Å². The monoisotopic (exact) mass is 238 g/mol. The van der Waals surface area contributed by atoms with Gasteiger partial charge in [0.05, 0.1) is 6.20 Å². The Balaban J connectivity index is 2.66. The fraction of sp³-hybridized carbons (Fsp3) is 0.0909. The van der Waals surface area contributed by atoms with E-state index in [0.29, 0.717) is 10.2 Å². The largest absolute Gasteiger partial charge is 0.268 e. The van der Waals surface area contributed by atoms with Crippen LogP contribution in [-0.4, -0.2) is 10.2 Å². The Hall–Kier alpha value is -1.62. The summed E-state index contributed by atoms with van der Waals surface area (Å²) in [5.74, 6) is -1.71. The normalized spacial score (nSPS) is 10.4. The highest BCUT2D eigenvalue weighted by atomic mass is 32.1. The zero-order valence-corrected chi connectivity index (χ0v) is 9.24. The van der Waals surface area contributed by atoms with Crippen LogP contribution in [0, 0.1) is 23.2 Å². The van der Waals surface area contributed by atoms with Gasteiger partial charge in [0.2, 0.25) is 0 Å². The summed E-state index contributed by atoms with van der Waals surface area (Å²) in [7, 11) is 0. The first-order valence-corrected chi connectivity index (χ1v) is 5.00. The van der Waals surface area contributed by atoms with Crippen LogP contribution in [-0.2, 0) is 0 Å². The number of halogens is 2. The number of H-pyrrole nitrogens is 1. The molecule has 0 bridgehead atoms. The lowest BCUT2D eigenvalue weighted by Gasteiger charge is -2.05. The third-order valence-electron chi connectivity index (χ3n) is 2.25. The maximum atomic E-state index is 13.6. The van der Waals surface area contributed by atoms with Gasteiger partial charge in [0.1, 0.15) is 4.64 Å². The van der Waals surface area contributed by atoms with Gasteiger partial charge >= 0.3 is 0 Å². The molecule has 0 aliphatic carbocycles. The Morgan fingerprint density at radius 1 is 1.25 bits per heavy atom. The van der Waals surface area contributed by atoms with E-state index in [4.69, 9.17) is 12.2 Å². The van der Waals surface area contributed by atoms with Crippen molar-refractivity contribution in [3.8, 4) is 11.1 Å². The van der Waals surface area contributed by atoms with Crippen molar-refractivity contribution in [3.05, 3.63) is 46.2 Å². The van der Waals surface area contributed by atoms with Crippen LogP contribution >= 0.6 is 12.2 Å². The summed E-state index contributed by atoms with van der Waals surface area (Å²) < 4.78 is 27.4. The van der Waals surface area contributed by atoms with Crippen LogP contribution in [0.5, 0.6) is 0 Å². The molecule has 2 rings (SSSR count).